The molecule has 0 saturated heterocycles. The molecule has 8 nitrogen and oxygen atoms in total. The molecule has 0 bridgehead atoms. The Balaban J connectivity index is 1.86. The molecule has 0 spiro atoms. The van der Waals surface area contributed by atoms with E-state index in [0.29, 0.717) is 30.3 Å². The summed E-state index contributed by atoms with van der Waals surface area (Å²) in [5.41, 5.74) is 5.05. The van der Waals surface area contributed by atoms with E-state index >= 15 is 0 Å². The van der Waals surface area contributed by atoms with Gasteiger partial charge in [0, 0.05) is 5.56 Å². The lowest BCUT2D eigenvalue weighted by Gasteiger charge is -2.13. The average Bonchev–Trinajstić information content (AvgIpc) is 2.75. The van der Waals surface area contributed by atoms with Crippen LogP contribution in [0.1, 0.15) is 41.0 Å². The summed E-state index contributed by atoms with van der Waals surface area (Å²) in [5.74, 6) is -0.885. The van der Waals surface area contributed by atoms with Crippen LogP contribution in [0.4, 0.5) is 0 Å². The predicted octanol–water partition coefficient (Wildman–Crippen LogP) is 2.49. The average molecular weight is 400 g/mol. The maximum atomic E-state index is 12.2. The van der Waals surface area contributed by atoms with Crippen molar-refractivity contribution in [3.63, 3.8) is 0 Å². The summed E-state index contributed by atoms with van der Waals surface area (Å²) in [6.45, 7) is 4.19. The van der Waals surface area contributed by atoms with Crippen LogP contribution in [-0.2, 0) is 9.53 Å². The summed E-state index contributed by atoms with van der Waals surface area (Å²) in [4.78, 5) is 35.9. The van der Waals surface area contributed by atoms with Gasteiger partial charge in [0.1, 0.15) is 0 Å². The molecule has 2 rings (SSSR count). The molecular weight excluding hydrogens is 376 g/mol. The third kappa shape index (κ3) is 6.84. The number of nitrogens with one attached hydrogen (secondary N) is 2. The summed E-state index contributed by atoms with van der Waals surface area (Å²) >= 11 is 0. The highest BCUT2D eigenvalue weighted by atomic mass is 16.5. The summed E-state index contributed by atoms with van der Waals surface area (Å²) < 4.78 is 16.1. The van der Waals surface area contributed by atoms with Crippen molar-refractivity contribution in [3.05, 3.63) is 59.7 Å². The normalized spacial score (nSPS) is 10.0. The fraction of sp³-hybridized carbons (Fsp3) is 0.286. The third-order valence-corrected chi connectivity index (χ3v) is 3.63. The standard InChI is InChI=1S/C21H24N2O6/c1-3-12-28-17-11-10-16(13-18(17)27-4-2)21(26)29-14-19(24)22-23-20(25)15-8-6-5-7-9-15/h5-11,13H,3-4,12,14H2,1-2H3,(H,22,24)(H,23,25). The van der Waals surface area contributed by atoms with Gasteiger partial charge in [0.05, 0.1) is 18.8 Å². The lowest BCUT2D eigenvalue weighted by Crippen LogP contribution is -2.43. The molecule has 0 atom stereocenters. The molecule has 0 aliphatic rings. The topological polar surface area (TPSA) is 103 Å². The minimum Gasteiger partial charge on any atom is -0.490 e. The molecule has 2 amide bonds. The molecule has 0 radical (unpaired) electrons. The molecule has 0 aliphatic heterocycles. The van der Waals surface area contributed by atoms with Crippen molar-refractivity contribution in [3.8, 4) is 11.5 Å². The molecule has 0 aliphatic carbocycles. The van der Waals surface area contributed by atoms with Gasteiger partial charge in [-0.3, -0.25) is 20.4 Å². The first-order chi connectivity index (χ1) is 14.0. The number of carbonyl (C=O) groups excluding carboxylic acids is 3. The van der Waals surface area contributed by atoms with Crippen LogP contribution in [0, 0.1) is 0 Å². The van der Waals surface area contributed by atoms with Gasteiger partial charge in [-0.05, 0) is 43.7 Å². The van der Waals surface area contributed by atoms with Crippen molar-refractivity contribution < 1.29 is 28.6 Å². The zero-order chi connectivity index (χ0) is 21.1. The highest BCUT2D eigenvalue weighted by Gasteiger charge is 2.15. The Kier molecular flexibility index (Phi) is 8.50. The smallest absolute Gasteiger partial charge is 0.338 e. The first-order valence-electron chi connectivity index (χ1n) is 9.26. The second-order valence-electron chi connectivity index (χ2n) is 5.89. The van der Waals surface area contributed by atoms with Gasteiger partial charge in [0.25, 0.3) is 11.8 Å². The van der Waals surface area contributed by atoms with Crippen LogP contribution in [0.3, 0.4) is 0 Å². The van der Waals surface area contributed by atoms with Crippen LogP contribution < -0.4 is 20.3 Å². The highest BCUT2D eigenvalue weighted by Crippen LogP contribution is 2.29. The number of carbonyl (C=O) groups is 3. The lowest BCUT2D eigenvalue weighted by atomic mass is 10.2. The summed E-state index contributed by atoms with van der Waals surface area (Å²) in [6, 6.07) is 13.0. The zero-order valence-electron chi connectivity index (χ0n) is 16.4. The van der Waals surface area contributed by atoms with E-state index in [1.54, 1.807) is 36.4 Å². The molecule has 29 heavy (non-hydrogen) atoms. The number of benzene rings is 2. The van der Waals surface area contributed by atoms with Crippen LogP contribution in [0.25, 0.3) is 0 Å². The van der Waals surface area contributed by atoms with Crippen LogP contribution >= 0.6 is 0 Å². The number of amides is 2. The minimum absolute atomic E-state index is 0.221. The van der Waals surface area contributed by atoms with Gasteiger partial charge in [-0.2, -0.15) is 0 Å². The first kappa shape index (κ1) is 21.7. The molecule has 2 aromatic rings. The molecule has 2 N–H and O–H groups in total. The molecule has 0 aromatic heterocycles. The molecule has 8 heteroatoms. The van der Waals surface area contributed by atoms with Gasteiger partial charge in [-0.25, -0.2) is 4.79 Å². The SMILES string of the molecule is CCCOc1ccc(C(=O)OCC(=O)NNC(=O)c2ccccc2)cc1OCC. The van der Waals surface area contributed by atoms with Crippen molar-refractivity contribution in [2.45, 2.75) is 20.3 Å². The van der Waals surface area contributed by atoms with Crippen molar-refractivity contribution in [2.24, 2.45) is 0 Å². The van der Waals surface area contributed by atoms with Gasteiger partial charge >= 0.3 is 5.97 Å². The van der Waals surface area contributed by atoms with E-state index < -0.39 is 24.4 Å². The van der Waals surface area contributed by atoms with E-state index in [1.165, 1.54) is 12.1 Å². The van der Waals surface area contributed by atoms with Crippen LogP contribution in [-0.4, -0.2) is 37.6 Å². The maximum absolute atomic E-state index is 12.2. The van der Waals surface area contributed by atoms with Crippen molar-refractivity contribution in [1.29, 1.82) is 0 Å². The summed E-state index contributed by atoms with van der Waals surface area (Å²) in [6.07, 6.45) is 0.839. The Morgan fingerprint density at radius 2 is 1.62 bits per heavy atom. The third-order valence-electron chi connectivity index (χ3n) is 3.63. The van der Waals surface area contributed by atoms with E-state index in [0.717, 1.165) is 6.42 Å². The predicted molar refractivity (Wildman–Crippen MR) is 106 cm³/mol. The fourth-order valence-electron chi connectivity index (χ4n) is 2.27. The van der Waals surface area contributed by atoms with Gasteiger partial charge in [0.15, 0.2) is 18.1 Å². The first-order valence-corrected chi connectivity index (χ1v) is 9.26. The Morgan fingerprint density at radius 3 is 2.31 bits per heavy atom. The van der Waals surface area contributed by atoms with Crippen LogP contribution in [0.2, 0.25) is 0 Å². The van der Waals surface area contributed by atoms with Crippen molar-refractivity contribution >= 4 is 17.8 Å². The second kappa shape index (κ2) is 11.3. The van der Waals surface area contributed by atoms with E-state index in [2.05, 4.69) is 10.9 Å². The highest BCUT2D eigenvalue weighted by molar-refractivity contribution is 5.96. The van der Waals surface area contributed by atoms with Crippen LogP contribution in [0.5, 0.6) is 11.5 Å². The molecule has 0 unspecified atom stereocenters. The number of hydrogen-bond donors (Lipinski definition) is 2. The van der Waals surface area contributed by atoms with Gasteiger partial charge in [-0.15, -0.1) is 0 Å². The van der Waals surface area contributed by atoms with E-state index in [-0.39, 0.29) is 5.56 Å². The molecule has 0 fully saturated rings. The Hall–Kier alpha value is -3.55. The Bertz CT molecular complexity index is 838. The largest absolute Gasteiger partial charge is 0.490 e. The van der Waals surface area contributed by atoms with Crippen molar-refractivity contribution in [2.75, 3.05) is 19.8 Å². The Morgan fingerprint density at radius 1 is 0.862 bits per heavy atom. The van der Waals surface area contributed by atoms with Gasteiger partial charge in [-0.1, -0.05) is 25.1 Å². The second-order valence-corrected chi connectivity index (χ2v) is 5.89. The fourth-order valence-corrected chi connectivity index (χ4v) is 2.27. The maximum Gasteiger partial charge on any atom is 0.338 e. The van der Waals surface area contributed by atoms with Crippen molar-refractivity contribution in [1.82, 2.24) is 10.9 Å². The number of esters is 1. The molecule has 154 valence electrons. The van der Waals surface area contributed by atoms with E-state index in [9.17, 15) is 14.4 Å². The lowest BCUT2D eigenvalue weighted by molar-refractivity contribution is -0.125. The minimum atomic E-state index is -0.697. The zero-order valence-corrected chi connectivity index (χ0v) is 16.4. The summed E-state index contributed by atoms with van der Waals surface area (Å²) in [5, 5.41) is 0. The molecule has 0 heterocycles. The molecule has 2 aromatic carbocycles. The summed E-state index contributed by atoms with van der Waals surface area (Å²) in [7, 11) is 0. The van der Waals surface area contributed by atoms with Crippen LogP contribution in [0.15, 0.2) is 48.5 Å². The molecular formula is C21H24N2O6. The number of hydrazine groups is 1. The number of hydrogen-bond acceptors (Lipinski definition) is 6. The van der Waals surface area contributed by atoms with Gasteiger partial charge in [0.2, 0.25) is 0 Å². The number of ether oxygens (including phenoxy) is 3. The Labute approximate surface area is 169 Å². The van der Waals surface area contributed by atoms with E-state index in [1.807, 2.05) is 13.8 Å². The number of rotatable bonds is 9. The van der Waals surface area contributed by atoms with E-state index in [4.69, 9.17) is 14.2 Å². The molecule has 0 saturated carbocycles. The van der Waals surface area contributed by atoms with Gasteiger partial charge < -0.3 is 14.2 Å². The quantitative estimate of drug-likeness (QED) is 0.495. The monoisotopic (exact) mass is 400 g/mol.